The highest BCUT2D eigenvalue weighted by Crippen LogP contribution is 2.15. The van der Waals surface area contributed by atoms with Crippen LogP contribution in [-0.4, -0.2) is 36.5 Å². The molecule has 0 aliphatic rings. The minimum atomic E-state index is -0.192. The second kappa shape index (κ2) is 13.4. The molecule has 2 atom stereocenters. The fourth-order valence-electron chi connectivity index (χ4n) is 2.18. The van der Waals surface area contributed by atoms with Crippen LogP contribution >= 0.6 is 0 Å². The number of carbonyl (C=O) groups is 1. The molecular formula is C16H32O4. The van der Waals surface area contributed by atoms with Crippen molar-refractivity contribution < 1.29 is 19.4 Å². The molecule has 0 unspecified atom stereocenters. The number of aliphatic hydroxyl groups is 1. The number of ether oxygens (including phenoxy) is 2. The van der Waals surface area contributed by atoms with Gasteiger partial charge in [0, 0.05) is 6.61 Å². The number of rotatable bonds is 13. The third-order valence-electron chi connectivity index (χ3n) is 3.29. The van der Waals surface area contributed by atoms with Crippen LogP contribution in [0.1, 0.15) is 72.1 Å². The molecule has 4 nitrogen and oxygen atoms in total. The topological polar surface area (TPSA) is 55.8 Å². The Morgan fingerprint density at radius 2 is 1.80 bits per heavy atom. The zero-order valence-electron chi connectivity index (χ0n) is 13.4. The van der Waals surface area contributed by atoms with E-state index in [1.165, 1.54) is 25.7 Å². The molecule has 20 heavy (non-hydrogen) atoms. The summed E-state index contributed by atoms with van der Waals surface area (Å²) in [5.41, 5.74) is 0. The first-order valence-corrected chi connectivity index (χ1v) is 8.05. The Labute approximate surface area is 123 Å². The number of unbranched alkanes of at least 4 members (excludes halogenated alkanes) is 4. The lowest BCUT2D eigenvalue weighted by atomic mass is 10.1. The van der Waals surface area contributed by atoms with Gasteiger partial charge in [0.25, 0.3) is 0 Å². The number of esters is 1. The summed E-state index contributed by atoms with van der Waals surface area (Å²) in [6.45, 7) is 6.47. The lowest BCUT2D eigenvalue weighted by Crippen LogP contribution is -2.24. The van der Waals surface area contributed by atoms with Crippen LogP contribution in [0.4, 0.5) is 0 Å². The predicted molar refractivity (Wildman–Crippen MR) is 80.7 cm³/mol. The Bertz CT molecular complexity index is 231. The first kappa shape index (κ1) is 19.4. The van der Waals surface area contributed by atoms with E-state index in [1.807, 2.05) is 13.8 Å². The van der Waals surface area contributed by atoms with E-state index in [1.54, 1.807) is 0 Å². The summed E-state index contributed by atoms with van der Waals surface area (Å²) in [7, 11) is 0. The van der Waals surface area contributed by atoms with E-state index in [0.29, 0.717) is 19.4 Å². The van der Waals surface area contributed by atoms with Crippen LogP contribution in [0.15, 0.2) is 0 Å². The second-order valence-electron chi connectivity index (χ2n) is 5.29. The average Bonchev–Trinajstić information content (AvgIpc) is 2.38. The van der Waals surface area contributed by atoms with Crippen molar-refractivity contribution in [3.63, 3.8) is 0 Å². The van der Waals surface area contributed by atoms with Gasteiger partial charge in [0.1, 0.15) is 0 Å². The minimum absolute atomic E-state index is 0.0185. The van der Waals surface area contributed by atoms with Crippen molar-refractivity contribution in [1.82, 2.24) is 0 Å². The quantitative estimate of drug-likeness (QED) is 0.416. The second-order valence-corrected chi connectivity index (χ2v) is 5.29. The van der Waals surface area contributed by atoms with Gasteiger partial charge in [0.15, 0.2) is 0 Å². The van der Waals surface area contributed by atoms with Gasteiger partial charge in [-0.2, -0.15) is 0 Å². The Hall–Kier alpha value is -0.610. The SMILES string of the molecule is CCCCCCC[C@H](CC(=O)OCC)O[C@@H](C)CCO. The summed E-state index contributed by atoms with van der Waals surface area (Å²) in [4.78, 5) is 11.6. The van der Waals surface area contributed by atoms with E-state index in [-0.39, 0.29) is 24.8 Å². The van der Waals surface area contributed by atoms with Gasteiger partial charge in [0.05, 0.1) is 25.2 Å². The van der Waals surface area contributed by atoms with Gasteiger partial charge < -0.3 is 14.6 Å². The maximum absolute atomic E-state index is 11.6. The highest BCUT2D eigenvalue weighted by molar-refractivity contribution is 5.69. The van der Waals surface area contributed by atoms with Crippen LogP contribution in [0.2, 0.25) is 0 Å². The number of hydrogen-bond donors (Lipinski definition) is 1. The molecule has 0 saturated carbocycles. The van der Waals surface area contributed by atoms with Gasteiger partial charge >= 0.3 is 5.97 Å². The lowest BCUT2D eigenvalue weighted by Gasteiger charge is -2.21. The molecule has 0 spiro atoms. The van der Waals surface area contributed by atoms with Gasteiger partial charge in [-0.1, -0.05) is 39.0 Å². The predicted octanol–water partition coefficient (Wildman–Crippen LogP) is 3.46. The number of hydrogen-bond acceptors (Lipinski definition) is 4. The fourth-order valence-corrected chi connectivity index (χ4v) is 2.18. The summed E-state index contributed by atoms with van der Waals surface area (Å²) in [6.07, 6.45) is 7.72. The molecule has 4 heteroatoms. The Kier molecular flexibility index (Phi) is 13.0. The molecule has 0 heterocycles. The van der Waals surface area contributed by atoms with Gasteiger partial charge in [0.2, 0.25) is 0 Å². The molecule has 0 fully saturated rings. The maximum atomic E-state index is 11.6. The zero-order chi connectivity index (χ0) is 15.2. The molecule has 0 radical (unpaired) electrons. The highest BCUT2D eigenvalue weighted by atomic mass is 16.5. The molecule has 0 bridgehead atoms. The van der Waals surface area contributed by atoms with Gasteiger partial charge in [-0.25, -0.2) is 0 Å². The number of carbonyl (C=O) groups excluding carboxylic acids is 1. The molecule has 0 aromatic heterocycles. The third-order valence-corrected chi connectivity index (χ3v) is 3.29. The minimum Gasteiger partial charge on any atom is -0.466 e. The molecule has 0 aromatic rings. The standard InChI is InChI=1S/C16H32O4/c1-4-6-7-8-9-10-15(13-16(18)19-5-2)20-14(3)11-12-17/h14-15,17H,4-13H2,1-3H3/t14-,15+/m0/s1. The van der Waals surface area contributed by atoms with Crippen molar-refractivity contribution >= 4 is 5.97 Å². The smallest absolute Gasteiger partial charge is 0.308 e. The molecule has 0 amide bonds. The van der Waals surface area contributed by atoms with Crippen LogP contribution in [0.25, 0.3) is 0 Å². The van der Waals surface area contributed by atoms with Crippen molar-refractivity contribution in [1.29, 1.82) is 0 Å². The van der Waals surface area contributed by atoms with Crippen LogP contribution in [0.3, 0.4) is 0 Å². The van der Waals surface area contributed by atoms with Gasteiger partial charge in [-0.3, -0.25) is 4.79 Å². The summed E-state index contributed by atoms with van der Waals surface area (Å²) < 4.78 is 10.8. The van der Waals surface area contributed by atoms with Crippen LogP contribution in [0, 0.1) is 0 Å². The van der Waals surface area contributed by atoms with Crippen molar-refractivity contribution in [2.24, 2.45) is 0 Å². The Balaban J connectivity index is 4.06. The molecule has 1 N–H and O–H groups in total. The largest absolute Gasteiger partial charge is 0.466 e. The number of aliphatic hydroxyl groups excluding tert-OH is 1. The van der Waals surface area contributed by atoms with Crippen molar-refractivity contribution in [2.75, 3.05) is 13.2 Å². The van der Waals surface area contributed by atoms with Gasteiger partial charge in [-0.05, 0) is 26.7 Å². The molecule has 0 aliphatic carbocycles. The van der Waals surface area contributed by atoms with E-state index in [2.05, 4.69) is 6.92 Å². The fraction of sp³-hybridized carbons (Fsp3) is 0.938. The first-order chi connectivity index (χ1) is 9.63. The first-order valence-electron chi connectivity index (χ1n) is 8.05. The summed E-state index contributed by atoms with van der Waals surface area (Å²) >= 11 is 0. The highest BCUT2D eigenvalue weighted by Gasteiger charge is 2.17. The normalized spacial score (nSPS) is 14.0. The molecular weight excluding hydrogens is 256 g/mol. The van der Waals surface area contributed by atoms with E-state index in [9.17, 15) is 4.79 Å². The Morgan fingerprint density at radius 1 is 1.10 bits per heavy atom. The summed E-state index contributed by atoms with van der Waals surface area (Å²) in [5, 5.41) is 8.92. The summed E-state index contributed by atoms with van der Waals surface area (Å²) in [5.74, 6) is -0.192. The third kappa shape index (κ3) is 11.2. The van der Waals surface area contributed by atoms with E-state index >= 15 is 0 Å². The van der Waals surface area contributed by atoms with E-state index in [4.69, 9.17) is 14.6 Å². The summed E-state index contributed by atoms with van der Waals surface area (Å²) in [6, 6.07) is 0. The van der Waals surface area contributed by atoms with Crippen LogP contribution in [-0.2, 0) is 14.3 Å². The zero-order valence-corrected chi connectivity index (χ0v) is 13.4. The molecule has 120 valence electrons. The molecule has 0 saturated heterocycles. The van der Waals surface area contributed by atoms with Crippen LogP contribution < -0.4 is 0 Å². The Morgan fingerprint density at radius 3 is 2.40 bits per heavy atom. The van der Waals surface area contributed by atoms with E-state index < -0.39 is 0 Å². The average molecular weight is 288 g/mol. The monoisotopic (exact) mass is 288 g/mol. The molecule has 0 rings (SSSR count). The maximum Gasteiger partial charge on any atom is 0.308 e. The van der Waals surface area contributed by atoms with Crippen molar-refractivity contribution in [3.05, 3.63) is 0 Å². The van der Waals surface area contributed by atoms with Crippen molar-refractivity contribution in [3.8, 4) is 0 Å². The van der Waals surface area contributed by atoms with Gasteiger partial charge in [-0.15, -0.1) is 0 Å². The van der Waals surface area contributed by atoms with E-state index in [0.717, 1.165) is 12.8 Å². The molecule has 0 aliphatic heterocycles. The van der Waals surface area contributed by atoms with Crippen molar-refractivity contribution in [2.45, 2.75) is 84.3 Å². The van der Waals surface area contributed by atoms with Crippen LogP contribution in [0.5, 0.6) is 0 Å². The molecule has 0 aromatic carbocycles. The lowest BCUT2D eigenvalue weighted by molar-refractivity contribution is -0.147.